The molecule has 0 unspecified atom stereocenters. The molecule has 1 aliphatic heterocycles. The summed E-state index contributed by atoms with van der Waals surface area (Å²) >= 11 is 0. The summed E-state index contributed by atoms with van der Waals surface area (Å²) in [6, 6.07) is 8.19. The molecule has 2 aliphatic rings. The maximum atomic E-state index is 5.97. The van der Waals surface area contributed by atoms with E-state index in [1.54, 1.807) is 7.11 Å². The molecular formula is C13H14O2. The van der Waals surface area contributed by atoms with Crippen LogP contribution in [0.3, 0.4) is 0 Å². The summed E-state index contributed by atoms with van der Waals surface area (Å²) in [6.07, 6.45) is 6.38. The van der Waals surface area contributed by atoms with Crippen molar-refractivity contribution in [3.8, 4) is 5.75 Å². The van der Waals surface area contributed by atoms with Gasteiger partial charge in [0.15, 0.2) is 0 Å². The summed E-state index contributed by atoms with van der Waals surface area (Å²) in [4.78, 5) is 0. The van der Waals surface area contributed by atoms with Gasteiger partial charge in [-0.05, 0) is 12.5 Å². The Morgan fingerprint density at radius 3 is 3.13 bits per heavy atom. The predicted molar refractivity (Wildman–Crippen MR) is 57.9 cm³/mol. The molecule has 1 aliphatic carbocycles. The summed E-state index contributed by atoms with van der Waals surface area (Å²) in [6.45, 7) is 0. The fourth-order valence-electron chi connectivity index (χ4n) is 2.56. The van der Waals surface area contributed by atoms with Crippen LogP contribution in [0.4, 0.5) is 0 Å². The van der Waals surface area contributed by atoms with Gasteiger partial charge in [0.1, 0.15) is 5.75 Å². The Hall–Kier alpha value is -1.28. The van der Waals surface area contributed by atoms with Crippen LogP contribution in [-0.2, 0) is 4.74 Å². The molecule has 0 radical (unpaired) electrons. The van der Waals surface area contributed by atoms with Crippen LogP contribution >= 0.6 is 0 Å². The predicted octanol–water partition coefficient (Wildman–Crippen LogP) is 2.86. The van der Waals surface area contributed by atoms with Gasteiger partial charge in [0, 0.05) is 19.1 Å². The van der Waals surface area contributed by atoms with E-state index in [9.17, 15) is 0 Å². The van der Waals surface area contributed by atoms with E-state index < -0.39 is 5.79 Å². The van der Waals surface area contributed by atoms with Crippen LogP contribution in [0.1, 0.15) is 24.3 Å². The number of ether oxygens (including phenoxy) is 2. The quantitative estimate of drug-likeness (QED) is 0.652. The molecule has 2 heteroatoms. The van der Waals surface area contributed by atoms with E-state index in [4.69, 9.17) is 9.47 Å². The summed E-state index contributed by atoms with van der Waals surface area (Å²) in [5.74, 6) is 0.779. The topological polar surface area (TPSA) is 18.5 Å². The zero-order valence-electron chi connectivity index (χ0n) is 8.77. The van der Waals surface area contributed by atoms with Crippen LogP contribution in [-0.4, -0.2) is 12.9 Å². The molecule has 0 aromatic heterocycles. The molecule has 2 nitrogen and oxygen atoms in total. The zero-order chi connectivity index (χ0) is 10.3. The Balaban J connectivity index is 2.12. The maximum absolute atomic E-state index is 5.97. The summed E-state index contributed by atoms with van der Waals surface area (Å²) < 4.78 is 11.6. The van der Waals surface area contributed by atoms with Gasteiger partial charge in [-0.1, -0.05) is 30.4 Å². The molecule has 2 atom stereocenters. The number of allylic oxidation sites excluding steroid dienone is 1. The van der Waals surface area contributed by atoms with Crippen molar-refractivity contribution >= 4 is 0 Å². The minimum atomic E-state index is -0.446. The van der Waals surface area contributed by atoms with Crippen molar-refractivity contribution in [1.82, 2.24) is 0 Å². The van der Waals surface area contributed by atoms with Gasteiger partial charge in [0.25, 0.3) is 0 Å². The van der Waals surface area contributed by atoms with Crippen LogP contribution < -0.4 is 4.74 Å². The van der Waals surface area contributed by atoms with Crippen molar-refractivity contribution in [2.45, 2.75) is 24.5 Å². The number of hydrogen-bond donors (Lipinski definition) is 0. The third-order valence-electron chi connectivity index (χ3n) is 3.34. The second-order valence-electron chi connectivity index (χ2n) is 4.10. The third-order valence-corrected chi connectivity index (χ3v) is 3.34. The Kier molecular flexibility index (Phi) is 1.86. The SMILES string of the molecule is CO[C@]12CCC=C[C@H]1c1ccccc1O2. The minimum Gasteiger partial charge on any atom is -0.461 e. The highest BCUT2D eigenvalue weighted by atomic mass is 16.7. The van der Waals surface area contributed by atoms with Crippen LogP contribution in [0, 0.1) is 0 Å². The molecule has 1 heterocycles. The first-order chi connectivity index (χ1) is 7.36. The van der Waals surface area contributed by atoms with Crippen LogP contribution in [0.15, 0.2) is 36.4 Å². The molecular weight excluding hydrogens is 188 g/mol. The van der Waals surface area contributed by atoms with E-state index in [1.807, 2.05) is 12.1 Å². The molecule has 1 aromatic rings. The first-order valence-electron chi connectivity index (χ1n) is 5.35. The van der Waals surface area contributed by atoms with Crippen molar-refractivity contribution in [2.24, 2.45) is 0 Å². The lowest BCUT2D eigenvalue weighted by molar-refractivity contribution is -0.164. The molecule has 3 rings (SSSR count). The minimum absolute atomic E-state index is 0.257. The molecule has 0 N–H and O–H groups in total. The molecule has 78 valence electrons. The first kappa shape index (κ1) is 8.98. The summed E-state index contributed by atoms with van der Waals surface area (Å²) in [5.41, 5.74) is 1.25. The maximum Gasteiger partial charge on any atom is 0.221 e. The van der Waals surface area contributed by atoms with Gasteiger partial charge in [-0.25, -0.2) is 0 Å². The average Bonchev–Trinajstić information content (AvgIpc) is 2.64. The molecule has 0 spiro atoms. The molecule has 0 saturated heterocycles. The first-order valence-corrected chi connectivity index (χ1v) is 5.35. The molecule has 0 amide bonds. The second kappa shape index (κ2) is 3.11. The summed E-state index contributed by atoms with van der Waals surface area (Å²) in [5, 5.41) is 0. The van der Waals surface area contributed by atoms with Crippen molar-refractivity contribution < 1.29 is 9.47 Å². The molecule has 15 heavy (non-hydrogen) atoms. The average molecular weight is 202 g/mol. The molecule has 1 aromatic carbocycles. The number of hydrogen-bond acceptors (Lipinski definition) is 2. The number of rotatable bonds is 1. The van der Waals surface area contributed by atoms with Crippen molar-refractivity contribution in [2.75, 3.05) is 7.11 Å². The largest absolute Gasteiger partial charge is 0.461 e. The number of benzene rings is 1. The lowest BCUT2D eigenvalue weighted by Gasteiger charge is -2.33. The smallest absolute Gasteiger partial charge is 0.221 e. The van der Waals surface area contributed by atoms with Crippen LogP contribution in [0.25, 0.3) is 0 Å². The summed E-state index contributed by atoms with van der Waals surface area (Å²) in [7, 11) is 1.73. The number of methoxy groups -OCH3 is 1. The van der Waals surface area contributed by atoms with Crippen molar-refractivity contribution in [3.63, 3.8) is 0 Å². The highest BCUT2D eigenvalue weighted by Gasteiger charge is 2.48. The van der Waals surface area contributed by atoms with Gasteiger partial charge < -0.3 is 9.47 Å². The van der Waals surface area contributed by atoms with Crippen LogP contribution in [0.2, 0.25) is 0 Å². The molecule has 0 bridgehead atoms. The van der Waals surface area contributed by atoms with Gasteiger partial charge in [-0.2, -0.15) is 0 Å². The standard InChI is InChI=1S/C13H14O2/c1-14-13-9-5-4-7-11(13)10-6-2-3-8-12(10)15-13/h2-4,6-8,11H,5,9H2,1H3/t11-,13-/m0/s1. The van der Waals surface area contributed by atoms with E-state index in [-0.39, 0.29) is 5.92 Å². The number of para-hydroxylation sites is 1. The van der Waals surface area contributed by atoms with E-state index in [0.717, 1.165) is 18.6 Å². The Morgan fingerprint density at radius 1 is 1.40 bits per heavy atom. The van der Waals surface area contributed by atoms with E-state index in [1.165, 1.54) is 5.56 Å². The zero-order valence-corrected chi connectivity index (χ0v) is 8.77. The fraction of sp³-hybridized carbons (Fsp3) is 0.385. The second-order valence-corrected chi connectivity index (χ2v) is 4.10. The molecule has 0 fully saturated rings. The Morgan fingerprint density at radius 2 is 2.27 bits per heavy atom. The lowest BCUT2D eigenvalue weighted by atomic mass is 9.85. The highest BCUT2D eigenvalue weighted by molar-refractivity contribution is 5.45. The van der Waals surface area contributed by atoms with Gasteiger partial charge in [0.05, 0.1) is 5.92 Å². The number of fused-ring (bicyclic) bond motifs is 3. The van der Waals surface area contributed by atoms with Gasteiger partial charge in [0.2, 0.25) is 5.79 Å². The monoisotopic (exact) mass is 202 g/mol. The van der Waals surface area contributed by atoms with E-state index in [2.05, 4.69) is 24.3 Å². The van der Waals surface area contributed by atoms with Gasteiger partial charge in [-0.3, -0.25) is 0 Å². The highest BCUT2D eigenvalue weighted by Crippen LogP contribution is 2.49. The lowest BCUT2D eigenvalue weighted by Crippen LogP contribution is -2.40. The van der Waals surface area contributed by atoms with Gasteiger partial charge >= 0.3 is 0 Å². The normalized spacial score (nSPS) is 31.9. The van der Waals surface area contributed by atoms with E-state index >= 15 is 0 Å². The van der Waals surface area contributed by atoms with E-state index in [0.29, 0.717) is 0 Å². The van der Waals surface area contributed by atoms with Crippen molar-refractivity contribution in [3.05, 3.63) is 42.0 Å². The Labute approximate surface area is 89.5 Å². The fourth-order valence-corrected chi connectivity index (χ4v) is 2.56. The Bertz CT molecular complexity index is 411. The van der Waals surface area contributed by atoms with Gasteiger partial charge in [-0.15, -0.1) is 0 Å². The van der Waals surface area contributed by atoms with Crippen molar-refractivity contribution in [1.29, 1.82) is 0 Å². The van der Waals surface area contributed by atoms with Crippen LogP contribution in [0.5, 0.6) is 5.75 Å². The molecule has 0 saturated carbocycles. The third kappa shape index (κ3) is 1.15.